The van der Waals surface area contributed by atoms with E-state index in [4.69, 9.17) is 0 Å². The highest BCUT2D eigenvalue weighted by Crippen LogP contribution is 2.34. The number of fused-ring (bicyclic) bond motifs is 6. The molecule has 154 valence electrons. The molecule has 0 atom stereocenters. The van der Waals surface area contributed by atoms with Crippen LogP contribution in [0.5, 0.6) is 0 Å². The molecule has 0 bridgehead atoms. The summed E-state index contributed by atoms with van der Waals surface area (Å²) in [6.07, 6.45) is 0. The van der Waals surface area contributed by atoms with E-state index in [9.17, 15) is 0 Å². The van der Waals surface area contributed by atoms with Crippen LogP contribution in [-0.4, -0.2) is 0 Å². The summed E-state index contributed by atoms with van der Waals surface area (Å²) in [5.41, 5.74) is 3.53. The first-order chi connectivity index (χ1) is 15.8. The number of aryl methyl sites for hydroxylation is 1. The van der Waals surface area contributed by atoms with Crippen molar-refractivity contribution in [2.75, 3.05) is 5.32 Å². The lowest BCUT2D eigenvalue weighted by molar-refractivity contribution is 1.45. The second-order valence-electron chi connectivity index (χ2n) is 8.00. The summed E-state index contributed by atoms with van der Waals surface area (Å²) in [5, 5.41) is 11.4. The van der Waals surface area contributed by atoms with E-state index >= 15 is 0 Å². The van der Waals surface area contributed by atoms with Crippen LogP contribution in [-0.2, 0) is 0 Å². The molecule has 0 unspecified atom stereocenters. The van der Waals surface area contributed by atoms with E-state index in [1.165, 1.54) is 37.9 Å². The molecule has 0 aliphatic heterocycles. The van der Waals surface area contributed by atoms with Crippen molar-refractivity contribution in [3.8, 4) is 0 Å². The molecule has 0 spiro atoms. The van der Waals surface area contributed by atoms with Gasteiger partial charge in [0, 0.05) is 11.4 Å². The number of hydrogen-bond acceptors (Lipinski definition) is 1. The van der Waals surface area contributed by atoms with Crippen LogP contribution < -0.4 is 5.32 Å². The van der Waals surface area contributed by atoms with Crippen LogP contribution in [0.15, 0.2) is 127 Å². The molecule has 0 aliphatic carbocycles. The highest BCUT2D eigenvalue weighted by Gasteiger charge is 2.06. The molecule has 1 heteroatoms. The molecule has 0 fully saturated rings. The Balaban J connectivity index is 0.000000140. The van der Waals surface area contributed by atoms with Crippen LogP contribution in [0, 0.1) is 6.92 Å². The first-order valence-corrected chi connectivity index (χ1v) is 11.0. The fraction of sp³-hybridized carbons (Fsp3) is 0.0323. The first-order valence-electron chi connectivity index (χ1n) is 11.0. The third-order valence-electron chi connectivity index (χ3n) is 5.73. The number of anilines is 2. The van der Waals surface area contributed by atoms with Crippen molar-refractivity contribution in [3.63, 3.8) is 0 Å². The van der Waals surface area contributed by atoms with E-state index in [1.807, 2.05) is 18.2 Å². The smallest absolute Gasteiger partial charge is 0.0386 e. The van der Waals surface area contributed by atoms with Gasteiger partial charge < -0.3 is 5.32 Å². The standard InChI is InChI=1S/C18H12.C13H13N/c1-2-8-14-13(7-1)15-9-3-4-11-17(15)18-12-6-5-10-16(14)18;1-11-6-5-9-13(10-11)14-12-7-3-2-4-8-12/h1-12H;2-10,14H,1H3. The summed E-state index contributed by atoms with van der Waals surface area (Å²) in [6.45, 7) is 2.09. The maximum atomic E-state index is 3.34. The molecule has 0 heterocycles. The van der Waals surface area contributed by atoms with Gasteiger partial charge in [0.2, 0.25) is 0 Å². The van der Waals surface area contributed by atoms with Crippen LogP contribution in [0.1, 0.15) is 5.56 Å². The summed E-state index contributed by atoms with van der Waals surface area (Å²) in [4.78, 5) is 0. The fourth-order valence-electron chi connectivity index (χ4n) is 4.27. The van der Waals surface area contributed by atoms with Crippen molar-refractivity contribution < 1.29 is 0 Å². The Bertz CT molecular complexity index is 1280. The predicted molar refractivity (Wildman–Crippen MR) is 140 cm³/mol. The lowest BCUT2D eigenvalue weighted by Gasteiger charge is -2.09. The molecular formula is C31H25N. The molecular weight excluding hydrogens is 386 g/mol. The van der Waals surface area contributed by atoms with E-state index in [1.54, 1.807) is 0 Å². The van der Waals surface area contributed by atoms with E-state index in [2.05, 4.69) is 121 Å². The molecule has 0 aliphatic rings. The maximum Gasteiger partial charge on any atom is 0.0386 e. The van der Waals surface area contributed by atoms with Gasteiger partial charge in [-0.05, 0) is 69.1 Å². The quantitative estimate of drug-likeness (QED) is 0.280. The third kappa shape index (κ3) is 4.06. The molecule has 0 saturated carbocycles. The molecule has 6 rings (SSSR count). The fourth-order valence-corrected chi connectivity index (χ4v) is 4.27. The molecule has 0 amide bonds. The van der Waals surface area contributed by atoms with E-state index in [0.29, 0.717) is 0 Å². The number of hydrogen-bond donors (Lipinski definition) is 1. The summed E-state index contributed by atoms with van der Waals surface area (Å²) in [5.74, 6) is 0. The van der Waals surface area contributed by atoms with Crippen LogP contribution in [0.2, 0.25) is 0 Å². The average Bonchev–Trinajstić information content (AvgIpc) is 2.85. The summed E-state index contributed by atoms with van der Waals surface area (Å²) < 4.78 is 0. The molecule has 0 aromatic heterocycles. The van der Waals surface area contributed by atoms with Gasteiger partial charge in [0.05, 0.1) is 0 Å². The zero-order valence-corrected chi connectivity index (χ0v) is 18.1. The van der Waals surface area contributed by atoms with Gasteiger partial charge in [-0.25, -0.2) is 0 Å². The van der Waals surface area contributed by atoms with Gasteiger partial charge in [-0.2, -0.15) is 0 Å². The van der Waals surface area contributed by atoms with Crippen molar-refractivity contribution >= 4 is 43.7 Å². The predicted octanol–water partition coefficient (Wildman–Crippen LogP) is 8.88. The molecule has 0 radical (unpaired) electrons. The van der Waals surface area contributed by atoms with Gasteiger partial charge in [0.25, 0.3) is 0 Å². The number of nitrogens with one attached hydrogen (secondary N) is 1. The third-order valence-corrected chi connectivity index (χ3v) is 5.73. The number of rotatable bonds is 2. The molecule has 0 saturated heterocycles. The van der Waals surface area contributed by atoms with Gasteiger partial charge in [-0.15, -0.1) is 0 Å². The summed E-state index contributed by atoms with van der Waals surface area (Å²) in [7, 11) is 0. The number of benzene rings is 6. The molecule has 6 aromatic carbocycles. The average molecular weight is 412 g/mol. The van der Waals surface area contributed by atoms with Gasteiger partial charge in [-0.1, -0.05) is 103 Å². The summed E-state index contributed by atoms with van der Waals surface area (Å²) >= 11 is 0. The molecule has 6 aromatic rings. The van der Waals surface area contributed by atoms with Gasteiger partial charge >= 0.3 is 0 Å². The summed E-state index contributed by atoms with van der Waals surface area (Å²) in [6, 6.07) is 44.5. The van der Waals surface area contributed by atoms with Crippen LogP contribution in [0.25, 0.3) is 32.3 Å². The lowest BCUT2D eigenvalue weighted by atomic mass is 9.95. The van der Waals surface area contributed by atoms with E-state index in [0.717, 1.165) is 11.4 Å². The van der Waals surface area contributed by atoms with Gasteiger partial charge in [0.15, 0.2) is 0 Å². The van der Waals surface area contributed by atoms with E-state index < -0.39 is 0 Å². The Morgan fingerprint density at radius 1 is 0.375 bits per heavy atom. The SMILES string of the molecule is Cc1cccc(Nc2ccccc2)c1.c1ccc2c(c1)c1ccccc1c1ccccc21. The Kier molecular flexibility index (Phi) is 5.55. The number of para-hydroxylation sites is 1. The van der Waals surface area contributed by atoms with E-state index in [-0.39, 0.29) is 0 Å². The van der Waals surface area contributed by atoms with Crippen molar-refractivity contribution in [3.05, 3.63) is 133 Å². The highest BCUT2D eigenvalue weighted by atomic mass is 14.9. The van der Waals surface area contributed by atoms with Crippen molar-refractivity contribution in [2.45, 2.75) is 6.92 Å². The van der Waals surface area contributed by atoms with Crippen molar-refractivity contribution in [2.24, 2.45) is 0 Å². The normalized spacial score (nSPS) is 10.7. The second kappa shape index (κ2) is 8.95. The first kappa shape index (κ1) is 19.8. The molecule has 1 N–H and O–H groups in total. The highest BCUT2D eigenvalue weighted by molar-refractivity contribution is 6.25. The lowest BCUT2D eigenvalue weighted by Crippen LogP contribution is -1.89. The Hall–Kier alpha value is -4.10. The minimum Gasteiger partial charge on any atom is -0.356 e. The van der Waals surface area contributed by atoms with Crippen LogP contribution >= 0.6 is 0 Å². The Morgan fingerprint density at radius 2 is 0.750 bits per heavy atom. The largest absolute Gasteiger partial charge is 0.356 e. The Labute approximate surface area is 189 Å². The van der Waals surface area contributed by atoms with Gasteiger partial charge in [-0.3, -0.25) is 0 Å². The Morgan fingerprint density at radius 3 is 1.16 bits per heavy atom. The molecule has 32 heavy (non-hydrogen) atoms. The minimum atomic E-state index is 1.12. The zero-order chi connectivity index (χ0) is 21.8. The van der Waals surface area contributed by atoms with Crippen LogP contribution in [0.3, 0.4) is 0 Å². The minimum absolute atomic E-state index is 1.12. The topological polar surface area (TPSA) is 12.0 Å². The van der Waals surface area contributed by atoms with Crippen molar-refractivity contribution in [1.82, 2.24) is 0 Å². The maximum absolute atomic E-state index is 3.34. The monoisotopic (exact) mass is 411 g/mol. The van der Waals surface area contributed by atoms with Gasteiger partial charge in [0.1, 0.15) is 0 Å². The zero-order valence-electron chi connectivity index (χ0n) is 18.1. The van der Waals surface area contributed by atoms with Crippen molar-refractivity contribution in [1.29, 1.82) is 0 Å². The van der Waals surface area contributed by atoms with Crippen LogP contribution in [0.4, 0.5) is 11.4 Å². The second-order valence-corrected chi connectivity index (χ2v) is 8.00. The molecule has 1 nitrogen and oxygen atoms in total.